The van der Waals surface area contributed by atoms with Crippen molar-refractivity contribution in [2.45, 2.75) is 6.10 Å². The molecule has 1 atom stereocenters. The van der Waals surface area contributed by atoms with Gasteiger partial charge < -0.3 is 14.6 Å². The van der Waals surface area contributed by atoms with Crippen LogP contribution in [0.2, 0.25) is 0 Å². The Labute approximate surface area is 112 Å². The normalized spacial score (nSPS) is 12.7. The van der Waals surface area contributed by atoms with Crippen LogP contribution >= 0.6 is 11.3 Å². The Hall–Kier alpha value is -2.18. The smallest absolute Gasteiger partial charge is 0.336 e. The minimum atomic E-state index is -1.04. The van der Waals surface area contributed by atoms with E-state index in [4.69, 9.17) is 5.11 Å². The lowest BCUT2D eigenvalue weighted by Gasteiger charge is -2.06. The van der Waals surface area contributed by atoms with Crippen LogP contribution in [-0.2, 0) is 0 Å². The molecule has 2 N–H and O–H groups in total. The van der Waals surface area contributed by atoms with Gasteiger partial charge in [-0.15, -0.1) is 11.3 Å². The topological polar surface area (TPSA) is 74.8 Å². The van der Waals surface area contributed by atoms with Crippen LogP contribution in [0.3, 0.4) is 0 Å². The molecule has 0 aliphatic heterocycles. The third-order valence-electron chi connectivity index (χ3n) is 2.84. The number of hydrogen-bond acceptors (Lipinski definition) is 4. The molecule has 0 spiro atoms. The lowest BCUT2D eigenvalue weighted by molar-refractivity contribution is 0.0692. The van der Waals surface area contributed by atoms with E-state index in [1.54, 1.807) is 16.0 Å². The van der Waals surface area contributed by atoms with Gasteiger partial charge in [-0.3, -0.25) is 0 Å². The van der Waals surface area contributed by atoms with E-state index in [9.17, 15) is 9.90 Å². The minimum Gasteiger partial charge on any atom is -0.478 e. The Kier molecular flexibility index (Phi) is 2.81. The average molecular weight is 274 g/mol. The lowest BCUT2D eigenvalue weighted by atomic mass is 10.1. The molecule has 0 saturated carbocycles. The van der Waals surface area contributed by atoms with Crippen LogP contribution in [0.5, 0.6) is 0 Å². The molecule has 6 heteroatoms. The van der Waals surface area contributed by atoms with E-state index in [0.29, 0.717) is 16.2 Å². The fourth-order valence-electron chi connectivity index (χ4n) is 1.93. The standard InChI is InChI=1S/C13H10N2O3S/c16-11(12-8(13(17)18)4-6-19-12)9-7-15-5-2-1-3-10(15)14-9/h1-7,11,16H,(H,17,18). The van der Waals surface area contributed by atoms with E-state index in [1.807, 2.05) is 24.4 Å². The number of thiophene rings is 1. The maximum atomic E-state index is 11.1. The van der Waals surface area contributed by atoms with Crippen molar-refractivity contribution in [2.24, 2.45) is 0 Å². The fourth-order valence-corrected chi connectivity index (χ4v) is 2.81. The highest BCUT2D eigenvalue weighted by atomic mass is 32.1. The van der Waals surface area contributed by atoms with E-state index in [-0.39, 0.29) is 5.56 Å². The van der Waals surface area contributed by atoms with Crippen LogP contribution in [0, 0.1) is 0 Å². The third kappa shape index (κ3) is 2.00. The summed E-state index contributed by atoms with van der Waals surface area (Å²) in [7, 11) is 0. The van der Waals surface area contributed by atoms with Gasteiger partial charge in [-0.05, 0) is 23.6 Å². The first-order valence-corrected chi connectivity index (χ1v) is 6.47. The summed E-state index contributed by atoms with van der Waals surface area (Å²) < 4.78 is 1.78. The van der Waals surface area contributed by atoms with E-state index in [2.05, 4.69) is 4.98 Å². The molecule has 5 nitrogen and oxygen atoms in total. The summed E-state index contributed by atoms with van der Waals surface area (Å²) in [6, 6.07) is 7.02. The van der Waals surface area contributed by atoms with Crippen LogP contribution in [-0.4, -0.2) is 25.6 Å². The molecule has 0 saturated heterocycles. The number of aliphatic hydroxyl groups is 1. The Morgan fingerprint density at radius 1 is 1.37 bits per heavy atom. The molecule has 0 bridgehead atoms. The third-order valence-corrected chi connectivity index (χ3v) is 3.81. The molecule has 0 aliphatic carbocycles. The molecule has 96 valence electrons. The summed E-state index contributed by atoms with van der Waals surface area (Å²) in [5.41, 5.74) is 1.27. The van der Waals surface area contributed by atoms with Crippen LogP contribution in [0.4, 0.5) is 0 Å². The number of fused-ring (bicyclic) bond motifs is 1. The molecule has 1 unspecified atom stereocenters. The summed E-state index contributed by atoms with van der Waals surface area (Å²) in [4.78, 5) is 15.8. The molecule has 3 heterocycles. The molecule has 3 aromatic heterocycles. The largest absolute Gasteiger partial charge is 0.478 e. The number of rotatable bonds is 3. The van der Waals surface area contributed by atoms with Crippen molar-refractivity contribution in [3.8, 4) is 0 Å². The zero-order chi connectivity index (χ0) is 13.4. The quantitative estimate of drug-likeness (QED) is 0.767. The summed E-state index contributed by atoms with van der Waals surface area (Å²) in [6.07, 6.45) is 2.50. The number of aromatic carboxylic acids is 1. The monoisotopic (exact) mass is 274 g/mol. The van der Waals surface area contributed by atoms with Crippen LogP contribution in [0.25, 0.3) is 5.65 Å². The van der Waals surface area contributed by atoms with E-state index >= 15 is 0 Å². The number of carbonyl (C=O) groups is 1. The Balaban J connectivity index is 2.05. The fraction of sp³-hybridized carbons (Fsp3) is 0.0769. The van der Waals surface area contributed by atoms with Crippen molar-refractivity contribution < 1.29 is 15.0 Å². The summed E-state index contributed by atoms with van der Waals surface area (Å²) in [5, 5.41) is 21.0. The summed E-state index contributed by atoms with van der Waals surface area (Å²) in [5.74, 6) is -1.04. The molecule has 0 fully saturated rings. The Morgan fingerprint density at radius 2 is 2.21 bits per heavy atom. The van der Waals surface area contributed by atoms with Crippen molar-refractivity contribution >= 4 is 23.0 Å². The second kappa shape index (κ2) is 4.49. The van der Waals surface area contributed by atoms with Crippen molar-refractivity contribution in [1.82, 2.24) is 9.38 Å². The van der Waals surface area contributed by atoms with E-state index in [0.717, 1.165) is 0 Å². The molecule has 0 radical (unpaired) electrons. The maximum absolute atomic E-state index is 11.1. The molecule has 0 amide bonds. The average Bonchev–Trinajstić information content (AvgIpc) is 3.04. The molecule has 3 aromatic rings. The van der Waals surface area contributed by atoms with Gasteiger partial charge in [-0.2, -0.15) is 0 Å². The van der Waals surface area contributed by atoms with E-state index < -0.39 is 12.1 Å². The first-order chi connectivity index (χ1) is 9.16. The number of carboxylic acid groups (broad SMARTS) is 1. The van der Waals surface area contributed by atoms with Gasteiger partial charge in [0.05, 0.1) is 16.1 Å². The van der Waals surface area contributed by atoms with Crippen molar-refractivity contribution in [1.29, 1.82) is 0 Å². The van der Waals surface area contributed by atoms with Crippen LogP contribution in [0.15, 0.2) is 42.0 Å². The van der Waals surface area contributed by atoms with Gasteiger partial charge in [0.1, 0.15) is 11.8 Å². The van der Waals surface area contributed by atoms with Gasteiger partial charge in [0.25, 0.3) is 0 Å². The number of aromatic nitrogens is 2. The van der Waals surface area contributed by atoms with Crippen LogP contribution in [0.1, 0.15) is 27.0 Å². The molecule has 0 aliphatic rings. The number of hydrogen-bond donors (Lipinski definition) is 2. The molecule has 3 rings (SSSR count). The second-order valence-electron chi connectivity index (χ2n) is 4.04. The number of carboxylic acids is 1. The van der Waals surface area contributed by atoms with E-state index in [1.165, 1.54) is 17.4 Å². The zero-order valence-electron chi connectivity index (χ0n) is 9.72. The highest BCUT2D eigenvalue weighted by Crippen LogP contribution is 2.29. The zero-order valence-corrected chi connectivity index (χ0v) is 10.5. The predicted molar refractivity (Wildman–Crippen MR) is 70.5 cm³/mol. The molecular weight excluding hydrogens is 264 g/mol. The maximum Gasteiger partial charge on any atom is 0.336 e. The Morgan fingerprint density at radius 3 is 2.95 bits per heavy atom. The number of nitrogens with zero attached hydrogens (tertiary/aromatic N) is 2. The first kappa shape index (κ1) is 11.9. The summed E-state index contributed by atoms with van der Waals surface area (Å²) in [6.45, 7) is 0. The van der Waals surface area contributed by atoms with Gasteiger partial charge in [0.2, 0.25) is 0 Å². The number of imidazole rings is 1. The number of aliphatic hydroxyl groups excluding tert-OH is 1. The highest BCUT2D eigenvalue weighted by Gasteiger charge is 2.22. The van der Waals surface area contributed by atoms with Gasteiger partial charge in [-0.25, -0.2) is 9.78 Å². The predicted octanol–water partition coefficient (Wildman–Crippen LogP) is 2.18. The molecular formula is C13H10N2O3S. The van der Waals surface area contributed by atoms with Gasteiger partial charge in [0, 0.05) is 12.4 Å². The minimum absolute atomic E-state index is 0.120. The highest BCUT2D eigenvalue weighted by molar-refractivity contribution is 7.10. The SMILES string of the molecule is O=C(O)c1ccsc1C(O)c1cn2ccccc2n1. The second-order valence-corrected chi connectivity index (χ2v) is 4.99. The lowest BCUT2D eigenvalue weighted by Crippen LogP contribution is -2.05. The van der Waals surface area contributed by atoms with Crippen molar-refractivity contribution in [2.75, 3.05) is 0 Å². The first-order valence-electron chi connectivity index (χ1n) is 5.59. The molecule has 0 aromatic carbocycles. The van der Waals surface area contributed by atoms with Gasteiger partial charge in [-0.1, -0.05) is 6.07 Å². The Bertz CT molecular complexity index is 714. The van der Waals surface area contributed by atoms with Gasteiger partial charge >= 0.3 is 5.97 Å². The molecule has 19 heavy (non-hydrogen) atoms. The van der Waals surface area contributed by atoms with Crippen LogP contribution < -0.4 is 0 Å². The van der Waals surface area contributed by atoms with Gasteiger partial charge in [0.15, 0.2) is 0 Å². The number of pyridine rings is 1. The summed E-state index contributed by atoms with van der Waals surface area (Å²) >= 11 is 1.21. The van der Waals surface area contributed by atoms with Crippen molar-refractivity contribution in [3.63, 3.8) is 0 Å². The van der Waals surface area contributed by atoms with Crippen molar-refractivity contribution in [3.05, 3.63) is 58.2 Å².